The summed E-state index contributed by atoms with van der Waals surface area (Å²) in [6, 6.07) is 0. The van der Waals surface area contributed by atoms with Gasteiger partial charge in [0.05, 0.1) is 0 Å². The molecule has 74 valence electrons. The first-order valence-corrected chi connectivity index (χ1v) is 5.17. The van der Waals surface area contributed by atoms with Crippen LogP contribution < -0.4 is 0 Å². The first-order valence-electron chi connectivity index (χ1n) is 6.17. The first kappa shape index (κ1) is 8.55. The molecule has 0 saturated heterocycles. The quantitative estimate of drug-likeness (QED) is 0.530. The molecule has 0 aromatic rings. The average Bonchev–Trinajstić information content (AvgIpc) is 2.08. The van der Waals surface area contributed by atoms with Gasteiger partial charge in [-0.05, 0) is 6.42 Å². The Hall–Kier alpha value is -0.0400. The van der Waals surface area contributed by atoms with Gasteiger partial charge in [-0.1, -0.05) is 58.2 Å². The van der Waals surface area contributed by atoms with E-state index in [9.17, 15) is 0 Å². The SMILES string of the molecule is [2H]C([2H])(C)CCCCCCCCCO. The topological polar surface area (TPSA) is 20.2 Å². The monoisotopic (exact) mass is 174 g/mol. The summed E-state index contributed by atoms with van der Waals surface area (Å²) in [7, 11) is 0. The summed E-state index contributed by atoms with van der Waals surface area (Å²) in [5, 5.41) is 8.55. The van der Waals surface area contributed by atoms with Crippen LogP contribution in [0.3, 0.4) is 0 Å². The van der Waals surface area contributed by atoms with Gasteiger partial charge in [-0.2, -0.15) is 0 Å². The van der Waals surface area contributed by atoms with Crippen LogP contribution >= 0.6 is 0 Å². The van der Waals surface area contributed by atoms with Crippen LogP contribution in [0.25, 0.3) is 0 Å². The highest BCUT2D eigenvalue weighted by Gasteiger charge is 1.90. The van der Waals surface area contributed by atoms with Crippen molar-refractivity contribution >= 4 is 0 Å². The third kappa shape index (κ3) is 9.96. The number of hydrogen-bond donors (Lipinski definition) is 1. The van der Waals surface area contributed by atoms with E-state index in [1.54, 1.807) is 6.92 Å². The van der Waals surface area contributed by atoms with E-state index < -0.39 is 6.37 Å². The van der Waals surface area contributed by atoms with Crippen molar-refractivity contribution < 1.29 is 7.85 Å². The van der Waals surface area contributed by atoms with E-state index >= 15 is 0 Å². The minimum atomic E-state index is -0.989. The molecule has 0 aliphatic rings. The summed E-state index contributed by atoms with van der Waals surface area (Å²) in [6.07, 6.45) is 7.55. The van der Waals surface area contributed by atoms with E-state index in [4.69, 9.17) is 7.85 Å². The molecule has 0 atom stereocenters. The predicted molar refractivity (Wildman–Crippen MR) is 54.3 cm³/mol. The molecular formula is C11H24O. The molecule has 12 heavy (non-hydrogen) atoms. The van der Waals surface area contributed by atoms with Crippen molar-refractivity contribution in [2.75, 3.05) is 6.61 Å². The van der Waals surface area contributed by atoms with E-state index in [2.05, 4.69) is 0 Å². The Labute approximate surface area is 80.0 Å². The van der Waals surface area contributed by atoms with Crippen LogP contribution in [-0.2, 0) is 0 Å². The minimum Gasteiger partial charge on any atom is -0.396 e. The highest BCUT2D eigenvalue weighted by molar-refractivity contribution is 4.45. The highest BCUT2D eigenvalue weighted by Crippen LogP contribution is 2.08. The maximum absolute atomic E-state index is 8.55. The minimum absolute atomic E-state index is 0.316. The molecule has 0 saturated carbocycles. The second-order valence-corrected chi connectivity index (χ2v) is 3.30. The number of aliphatic hydroxyl groups excluding tert-OH is 1. The number of rotatable bonds is 9. The molecule has 0 spiro atoms. The van der Waals surface area contributed by atoms with Crippen molar-refractivity contribution in [3.8, 4) is 0 Å². The van der Waals surface area contributed by atoms with E-state index in [-0.39, 0.29) is 0 Å². The molecule has 0 rings (SSSR count). The second-order valence-electron chi connectivity index (χ2n) is 3.30. The Balaban J connectivity index is 2.99. The standard InChI is InChI=1S/C11H24O/c1-2-3-4-5-6-7-8-9-10-11-12/h12H,2-11H2,1H3/i2D2. The zero-order chi connectivity index (χ0) is 10.9. The zero-order valence-corrected chi connectivity index (χ0v) is 8.31. The maximum atomic E-state index is 8.55. The average molecular weight is 174 g/mol. The van der Waals surface area contributed by atoms with E-state index in [1.165, 1.54) is 19.3 Å². The molecule has 0 bridgehead atoms. The van der Waals surface area contributed by atoms with Gasteiger partial charge in [0.2, 0.25) is 0 Å². The fourth-order valence-electron chi connectivity index (χ4n) is 1.30. The molecule has 1 heteroatoms. The van der Waals surface area contributed by atoms with Crippen LogP contribution in [0.1, 0.15) is 67.4 Å². The summed E-state index contributed by atoms with van der Waals surface area (Å²) in [5.74, 6) is 0. The smallest absolute Gasteiger partial charge is 0.0431 e. The third-order valence-electron chi connectivity index (χ3n) is 2.08. The van der Waals surface area contributed by atoms with Crippen LogP contribution in [0.15, 0.2) is 0 Å². The lowest BCUT2D eigenvalue weighted by Gasteiger charge is -1.99. The molecule has 0 aromatic carbocycles. The number of aliphatic hydroxyl groups is 1. The van der Waals surface area contributed by atoms with Gasteiger partial charge in [0.25, 0.3) is 0 Å². The Kier molecular flexibility index (Phi) is 7.81. The van der Waals surface area contributed by atoms with Crippen LogP contribution in [-0.4, -0.2) is 11.7 Å². The van der Waals surface area contributed by atoms with Crippen LogP contribution in [0.2, 0.25) is 0 Å². The molecule has 1 nitrogen and oxygen atoms in total. The Morgan fingerprint density at radius 1 is 0.833 bits per heavy atom. The lowest BCUT2D eigenvalue weighted by atomic mass is 10.1. The van der Waals surface area contributed by atoms with Crippen molar-refractivity contribution in [3.05, 3.63) is 0 Å². The second kappa shape index (κ2) is 11.0. The van der Waals surface area contributed by atoms with Gasteiger partial charge in [0.15, 0.2) is 0 Å². The molecular weight excluding hydrogens is 148 g/mol. The first-order chi connectivity index (χ1) is 6.56. The Morgan fingerprint density at radius 2 is 1.25 bits per heavy atom. The lowest BCUT2D eigenvalue weighted by molar-refractivity contribution is 0.282. The molecule has 0 amide bonds. The molecule has 0 fully saturated rings. The van der Waals surface area contributed by atoms with Gasteiger partial charge in [-0.3, -0.25) is 0 Å². The molecule has 0 aliphatic carbocycles. The van der Waals surface area contributed by atoms with E-state index in [0.717, 1.165) is 25.7 Å². The predicted octanol–water partition coefficient (Wildman–Crippen LogP) is 3.51. The highest BCUT2D eigenvalue weighted by atomic mass is 16.2. The third-order valence-corrected chi connectivity index (χ3v) is 2.08. The lowest BCUT2D eigenvalue weighted by Crippen LogP contribution is -1.84. The summed E-state index contributed by atoms with van der Waals surface area (Å²) >= 11 is 0. The molecule has 0 aromatic heterocycles. The molecule has 0 radical (unpaired) electrons. The number of hydrogen-bond acceptors (Lipinski definition) is 1. The van der Waals surface area contributed by atoms with E-state index in [1.807, 2.05) is 0 Å². The van der Waals surface area contributed by atoms with Gasteiger partial charge in [0.1, 0.15) is 0 Å². The maximum Gasteiger partial charge on any atom is 0.0431 e. The Morgan fingerprint density at radius 3 is 1.67 bits per heavy atom. The van der Waals surface area contributed by atoms with Gasteiger partial charge in [-0.25, -0.2) is 0 Å². The fourth-order valence-corrected chi connectivity index (χ4v) is 1.30. The molecule has 1 N–H and O–H groups in total. The van der Waals surface area contributed by atoms with Gasteiger partial charge < -0.3 is 5.11 Å². The zero-order valence-electron chi connectivity index (χ0n) is 10.3. The normalized spacial score (nSPS) is 14.2. The fraction of sp³-hybridized carbons (Fsp3) is 1.00. The summed E-state index contributed by atoms with van der Waals surface area (Å²) in [5.41, 5.74) is 0. The Bertz CT molecular complexity index is 121. The summed E-state index contributed by atoms with van der Waals surface area (Å²) in [6.45, 7) is 1.96. The van der Waals surface area contributed by atoms with Crippen molar-refractivity contribution in [1.82, 2.24) is 0 Å². The summed E-state index contributed by atoms with van der Waals surface area (Å²) < 4.78 is 14.7. The number of unbranched alkanes of at least 4 members (excludes halogenated alkanes) is 6. The van der Waals surface area contributed by atoms with E-state index in [0.29, 0.717) is 13.0 Å². The molecule has 0 heterocycles. The van der Waals surface area contributed by atoms with Crippen molar-refractivity contribution in [3.63, 3.8) is 0 Å². The molecule has 0 aliphatic heterocycles. The van der Waals surface area contributed by atoms with Crippen LogP contribution in [0.5, 0.6) is 0 Å². The van der Waals surface area contributed by atoms with Crippen molar-refractivity contribution in [2.45, 2.75) is 64.7 Å². The van der Waals surface area contributed by atoms with Gasteiger partial charge >= 0.3 is 0 Å². The van der Waals surface area contributed by atoms with Crippen molar-refractivity contribution in [2.24, 2.45) is 0 Å². The molecule has 0 unspecified atom stereocenters. The summed E-state index contributed by atoms with van der Waals surface area (Å²) in [4.78, 5) is 0. The van der Waals surface area contributed by atoms with Crippen molar-refractivity contribution in [1.29, 1.82) is 0 Å². The van der Waals surface area contributed by atoms with Gasteiger partial charge in [-0.15, -0.1) is 0 Å². The largest absolute Gasteiger partial charge is 0.396 e. The van der Waals surface area contributed by atoms with Crippen LogP contribution in [0, 0.1) is 0 Å². The van der Waals surface area contributed by atoms with Gasteiger partial charge in [0, 0.05) is 9.35 Å². The van der Waals surface area contributed by atoms with Crippen LogP contribution in [0.4, 0.5) is 0 Å².